The van der Waals surface area contributed by atoms with Crippen LogP contribution in [0.2, 0.25) is 0 Å². The Morgan fingerprint density at radius 2 is 2.08 bits per heavy atom. The van der Waals surface area contributed by atoms with Crippen LogP contribution in [0.5, 0.6) is 0 Å². The van der Waals surface area contributed by atoms with Crippen molar-refractivity contribution in [1.29, 1.82) is 0 Å². The Morgan fingerprint density at radius 1 is 1.38 bits per heavy atom. The lowest BCUT2D eigenvalue weighted by molar-refractivity contribution is -0.0214. The number of nitrogens with two attached hydrogens (primary N) is 1. The third kappa shape index (κ3) is 2.84. The summed E-state index contributed by atoms with van der Waals surface area (Å²) in [5.74, 6) is -1.44. The maximum Gasteiger partial charge on any atom is 0.352 e. The van der Waals surface area contributed by atoms with E-state index in [1.165, 1.54) is 0 Å². The van der Waals surface area contributed by atoms with Gasteiger partial charge in [0.2, 0.25) is 0 Å². The van der Waals surface area contributed by atoms with Gasteiger partial charge in [-0.2, -0.15) is 4.98 Å². The van der Waals surface area contributed by atoms with Crippen molar-refractivity contribution in [1.82, 2.24) is 9.55 Å². The number of hydrogen-bond acceptors (Lipinski definition) is 6. The second-order valence-electron chi connectivity index (χ2n) is 5.19. The van der Waals surface area contributed by atoms with Gasteiger partial charge in [-0.25, -0.2) is 9.18 Å². The molecule has 8 heteroatoms. The van der Waals surface area contributed by atoms with Gasteiger partial charge >= 0.3 is 5.69 Å². The van der Waals surface area contributed by atoms with Crippen molar-refractivity contribution < 1.29 is 19.0 Å². The highest BCUT2D eigenvalue weighted by atomic mass is 19.1. The predicted octanol–water partition coefficient (Wildman–Crippen LogP) is 0.800. The Labute approximate surface area is 135 Å². The lowest BCUT2D eigenvalue weighted by Gasteiger charge is -2.16. The van der Waals surface area contributed by atoms with Gasteiger partial charge in [-0.3, -0.25) is 9.36 Å². The van der Waals surface area contributed by atoms with E-state index in [4.69, 9.17) is 15.6 Å². The second kappa shape index (κ2) is 6.34. The third-order valence-corrected chi connectivity index (χ3v) is 3.58. The van der Waals surface area contributed by atoms with Crippen LogP contribution in [0.25, 0.3) is 0 Å². The summed E-state index contributed by atoms with van der Waals surface area (Å²) in [5.41, 5.74) is 5.14. The van der Waals surface area contributed by atoms with Gasteiger partial charge in [0.1, 0.15) is 17.7 Å². The van der Waals surface area contributed by atoms with Crippen molar-refractivity contribution >= 4 is 11.6 Å². The fraction of sp³-hybridized carbons (Fsp3) is 0.188. The number of aliphatic hydroxyl groups excluding tert-OH is 1. The van der Waals surface area contributed by atoms with E-state index in [2.05, 4.69) is 4.98 Å². The summed E-state index contributed by atoms with van der Waals surface area (Å²) < 4.78 is 20.0. The predicted molar refractivity (Wildman–Crippen MR) is 83.0 cm³/mol. The Morgan fingerprint density at radius 3 is 2.71 bits per heavy atom. The molecule has 1 aromatic heterocycles. The monoisotopic (exact) mass is 331 g/mol. The first-order valence-electron chi connectivity index (χ1n) is 7.13. The van der Waals surface area contributed by atoms with Crippen molar-refractivity contribution in [2.45, 2.75) is 12.3 Å². The zero-order valence-corrected chi connectivity index (χ0v) is 12.4. The molecule has 124 valence electrons. The summed E-state index contributed by atoms with van der Waals surface area (Å²) in [5, 5.41) is 9.04. The normalized spacial score (nSPS) is 20.0. The summed E-state index contributed by atoms with van der Waals surface area (Å²) in [6.07, 6.45) is -0.0675. The largest absolute Gasteiger partial charge is 0.393 e. The van der Waals surface area contributed by atoms with Crippen molar-refractivity contribution in [3.05, 3.63) is 70.0 Å². The van der Waals surface area contributed by atoms with Crippen LogP contribution in [0, 0.1) is 0 Å². The molecular formula is C16H14FN3O4. The number of benzene rings is 1. The molecule has 1 aliphatic heterocycles. The van der Waals surface area contributed by atoms with E-state index in [9.17, 15) is 14.0 Å². The zero-order chi connectivity index (χ0) is 17.3. The van der Waals surface area contributed by atoms with Crippen LogP contribution in [-0.2, 0) is 4.74 Å². The second-order valence-corrected chi connectivity index (χ2v) is 5.19. The zero-order valence-electron chi connectivity index (χ0n) is 12.4. The number of nitrogens with zero attached hydrogens (tertiary/aromatic N) is 2. The molecule has 3 N–H and O–H groups in total. The SMILES string of the molecule is Nc1nc(=O)n([C@@H]2O[C@@H](CO)C=C2F)cc1C(=O)c1ccccc1. The van der Waals surface area contributed by atoms with E-state index in [0.717, 1.165) is 16.8 Å². The number of ether oxygens (including phenoxy) is 1. The van der Waals surface area contributed by atoms with Crippen molar-refractivity contribution in [3.8, 4) is 0 Å². The van der Waals surface area contributed by atoms with Crippen LogP contribution < -0.4 is 11.4 Å². The summed E-state index contributed by atoms with van der Waals surface area (Å²) in [6.45, 7) is -0.434. The van der Waals surface area contributed by atoms with E-state index in [1.807, 2.05) is 0 Å². The number of carbonyl (C=O) groups excluding carboxylic acids is 1. The van der Waals surface area contributed by atoms with Gasteiger partial charge in [0, 0.05) is 11.8 Å². The molecule has 1 aliphatic rings. The van der Waals surface area contributed by atoms with Gasteiger partial charge in [0.25, 0.3) is 0 Å². The first kappa shape index (κ1) is 16.0. The Hall–Kier alpha value is -2.84. The summed E-state index contributed by atoms with van der Waals surface area (Å²) in [7, 11) is 0. The lowest BCUT2D eigenvalue weighted by atomic mass is 10.1. The quantitative estimate of drug-likeness (QED) is 0.803. The number of anilines is 1. The molecule has 0 fully saturated rings. The van der Waals surface area contributed by atoms with Crippen LogP contribution in [0.3, 0.4) is 0 Å². The van der Waals surface area contributed by atoms with Crippen LogP contribution in [0.1, 0.15) is 22.1 Å². The molecule has 2 aromatic rings. The first-order chi connectivity index (χ1) is 11.5. The van der Waals surface area contributed by atoms with Crippen molar-refractivity contribution in [3.63, 3.8) is 0 Å². The maximum absolute atomic E-state index is 14.0. The molecule has 0 spiro atoms. The van der Waals surface area contributed by atoms with Gasteiger partial charge in [0.05, 0.1) is 12.2 Å². The average molecular weight is 331 g/mol. The highest BCUT2D eigenvalue weighted by molar-refractivity contribution is 6.11. The number of aliphatic hydroxyl groups is 1. The molecule has 0 radical (unpaired) electrons. The lowest BCUT2D eigenvalue weighted by Crippen LogP contribution is -2.31. The molecule has 0 bridgehead atoms. The maximum atomic E-state index is 14.0. The number of carbonyl (C=O) groups is 1. The molecule has 0 unspecified atom stereocenters. The number of ketones is 1. The van der Waals surface area contributed by atoms with Gasteiger partial charge in [0.15, 0.2) is 12.0 Å². The minimum Gasteiger partial charge on any atom is -0.393 e. The fourth-order valence-corrected chi connectivity index (χ4v) is 2.39. The summed E-state index contributed by atoms with van der Waals surface area (Å²) in [4.78, 5) is 28.1. The highest BCUT2D eigenvalue weighted by Gasteiger charge is 2.30. The topological polar surface area (TPSA) is 107 Å². The molecule has 0 amide bonds. The van der Waals surface area contributed by atoms with Gasteiger partial charge < -0.3 is 15.6 Å². The summed E-state index contributed by atoms with van der Waals surface area (Å²) >= 11 is 0. The van der Waals surface area contributed by atoms with Crippen LogP contribution >= 0.6 is 0 Å². The van der Waals surface area contributed by atoms with Crippen LogP contribution in [-0.4, -0.2) is 33.2 Å². The van der Waals surface area contributed by atoms with E-state index < -0.39 is 36.2 Å². The standard InChI is InChI=1S/C16H14FN3O4/c17-12-6-10(8-21)24-15(12)20-7-11(14(18)19-16(20)23)13(22)9-4-2-1-3-5-9/h1-7,10,15,21H,8H2,(H2,18,19,23)/t10-,15-/m1/s1. The first-order valence-corrected chi connectivity index (χ1v) is 7.13. The number of halogens is 1. The van der Waals surface area contributed by atoms with Crippen molar-refractivity contribution in [2.24, 2.45) is 0 Å². The molecule has 2 atom stereocenters. The minimum atomic E-state index is -1.38. The van der Waals surface area contributed by atoms with E-state index in [0.29, 0.717) is 5.56 Å². The molecule has 24 heavy (non-hydrogen) atoms. The molecule has 7 nitrogen and oxygen atoms in total. The average Bonchev–Trinajstić information content (AvgIpc) is 2.96. The van der Waals surface area contributed by atoms with E-state index in [-0.39, 0.29) is 11.4 Å². The molecule has 0 aliphatic carbocycles. The molecule has 3 rings (SSSR count). The Bertz CT molecular complexity index is 863. The number of nitrogen functional groups attached to an aromatic ring is 1. The molecule has 1 aromatic carbocycles. The smallest absolute Gasteiger partial charge is 0.352 e. The Balaban J connectivity index is 2.03. The third-order valence-electron chi connectivity index (χ3n) is 3.58. The van der Waals surface area contributed by atoms with Crippen LogP contribution in [0.4, 0.5) is 10.2 Å². The summed E-state index contributed by atoms with van der Waals surface area (Å²) in [6, 6.07) is 8.29. The van der Waals surface area contributed by atoms with Gasteiger partial charge in [-0.1, -0.05) is 30.3 Å². The number of rotatable bonds is 4. The van der Waals surface area contributed by atoms with Gasteiger partial charge in [-0.05, 0) is 6.08 Å². The fourth-order valence-electron chi connectivity index (χ4n) is 2.39. The molecular weight excluding hydrogens is 317 g/mol. The van der Waals surface area contributed by atoms with Gasteiger partial charge in [-0.15, -0.1) is 0 Å². The van der Waals surface area contributed by atoms with Crippen LogP contribution in [0.15, 0.2) is 53.2 Å². The number of aromatic nitrogens is 2. The molecule has 0 saturated heterocycles. The van der Waals surface area contributed by atoms with E-state index in [1.54, 1.807) is 30.3 Å². The highest BCUT2D eigenvalue weighted by Crippen LogP contribution is 2.29. The van der Waals surface area contributed by atoms with Crippen molar-refractivity contribution in [2.75, 3.05) is 12.3 Å². The molecule has 0 saturated carbocycles. The number of hydrogen-bond donors (Lipinski definition) is 2. The van der Waals surface area contributed by atoms with E-state index >= 15 is 0 Å². The Kier molecular flexibility index (Phi) is 4.24. The molecule has 2 heterocycles. The minimum absolute atomic E-state index is 0.0374.